The molecule has 0 saturated carbocycles. The topological polar surface area (TPSA) is 32.3 Å². The molecule has 1 unspecified atom stereocenters. The molecule has 2 N–H and O–H groups in total. The molecule has 0 bridgehead atoms. The molecule has 0 saturated heterocycles. The molecular weight excluding hydrogens is 234 g/mol. The van der Waals surface area contributed by atoms with Gasteiger partial charge in [-0.25, -0.2) is 0 Å². The number of nitrogens with one attached hydrogen (secondary N) is 1. The van der Waals surface area contributed by atoms with Crippen LogP contribution >= 0.6 is 0 Å². The normalized spacial score (nSPS) is 14.3. The van der Waals surface area contributed by atoms with Crippen molar-refractivity contribution in [2.24, 2.45) is 0 Å². The van der Waals surface area contributed by atoms with E-state index in [0.29, 0.717) is 6.04 Å². The lowest BCUT2D eigenvalue weighted by Gasteiger charge is -2.27. The van der Waals surface area contributed by atoms with Gasteiger partial charge in [-0.2, -0.15) is 0 Å². The van der Waals surface area contributed by atoms with Gasteiger partial charge in [0.05, 0.1) is 12.1 Å². The summed E-state index contributed by atoms with van der Waals surface area (Å²) in [7, 11) is 0. The fourth-order valence-electron chi connectivity index (χ4n) is 2.23. The van der Waals surface area contributed by atoms with Gasteiger partial charge in [0, 0.05) is 6.04 Å². The summed E-state index contributed by atoms with van der Waals surface area (Å²) in [6, 6.07) is 20.1. The number of hydrogen-bond donors (Lipinski definition) is 2. The van der Waals surface area contributed by atoms with Crippen LogP contribution in [0.25, 0.3) is 0 Å². The van der Waals surface area contributed by atoms with Crippen molar-refractivity contribution in [2.45, 2.75) is 32.0 Å². The second kappa shape index (κ2) is 6.50. The molecule has 0 heterocycles. The first-order valence-electron chi connectivity index (χ1n) is 6.72. The van der Waals surface area contributed by atoms with E-state index in [0.717, 1.165) is 11.1 Å². The SMILES string of the molecule is CC(C)N[C@H](c1ccccc1)C(O)c1ccccc1. The molecule has 0 aliphatic heterocycles. The van der Waals surface area contributed by atoms with E-state index in [1.165, 1.54) is 0 Å². The summed E-state index contributed by atoms with van der Waals surface area (Å²) in [5.74, 6) is 0. The molecule has 2 heteroatoms. The maximum absolute atomic E-state index is 10.6. The Balaban J connectivity index is 2.28. The quantitative estimate of drug-likeness (QED) is 0.857. The van der Waals surface area contributed by atoms with E-state index < -0.39 is 6.10 Å². The van der Waals surface area contributed by atoms with Gasteiger partial charge in [-0.1, -0.05) is 74.5 Å². The molecule has 0 spiro atoms. The van der Waals surface area contributed by atoms with Crippen molar-refractivity contribution in [2.75, 3.05) is 0 Å². The van der Waals surface area contributed by atoms with E-state index in [1.54, 1.807) is 0 Å². The number of hydrogen-bond acceptors (Lipinski definition) is 2. The molecule has 0 radical (unpaired) electrons. The zero-order valence-electron chi connectivity index (χ0n) is 11.5. The number of aliphatic hydroxyl groups is 1. The zero-order valence-corrected chi connectivity index (χ0v) is 11.5. The summed E-state index contributed by atoms with van der Waals surface area (Å²) in [6.07, 6.45) is -0.550. The van der Waals surface area contributed by atoms with Crippen molar-refractivity contribution in [3.63, 3.8) is 0 Å². The third-order valence-electron chi connectivity index (χ3n) is 3.13. The van der Waals surface area contributed by atoms with Gasteiger partial charge >= 0.3 is 0 Å². The predicted molar refractivity (Wildman–Crippen MR) is 78.9 cm³/mol. The average Bonchev–Trinajstić information content (AvgIpc) is 2.46. The van der Waals surface area contributed by atoms with Crippen LogP contribution in [0, 0.1) is 0 Å². The van der Waals surface area contributed by atoms with Gasteiger partial charge in [-0.05, 0) is 11.1 Å². The van der Waals surface area contributed by atoms with Crippen LogP contribution in [0.4, 0.5) is 0 Å². The third kappa shape index (κ3) is 3.66. The lowest BCUT2D eigenvalue weighted by molar-refractivity contribution is 0.124. The third-order valence-corrected chi connectivity index (χ3v) is 3.13. The van der Waals surface area contributed by atoms with E-state index >= 15 is 0 Å². The molecule has 0 amide bonds. The van der Waals surface area contributed by atoms with E-state index in [2.05, 4.69) is 19.2 Å². The van der Waals surface area contributed by atoms with Crippen LogP contribution in [-0.4, -0.2) is 11.1 Å². The maximum atomic E-state index is 10.6. The molecule has 2 aromatic rings. The first-order chi connectivity index (χ1) is 9.18. The van der Waals surface area contributed by atoms with Crippen LogP contribution in [0.5, 0.6) is 0 Å². The van der Waals surface area contributed by atoms with Gasteiger partial charge in [0.1, 0.15) is 0 Å². The molecule has 0 aromatic heterocycles. The second-order valence-electron chi connectivity index (χ2n) is 5.07. The Hall–Kier alpha value is -1.64. The highest BCUT2D eigenvalue weighted by Gasteiger charge is 2.22. The Labute approximate surface area is 115 Å². The first-order valence-corrected chi connectivity index (χ1v) is 6.72. The Morgan fingerprint density at radius 3 is 1.74 bits per heavy atom. The predicted octanol–water partition coefficient (Wildman–Crippen LogP) is 3.46. The Morgan fingerprint density at radius 1 is 0.789 bits per heavy atom. The minimum atomic E-state index is -0.550. The Kier molecular flexibility index (Phi) is 4.72. The first kappa shape index (κ1) is 13.8. The zero-order chi connectivity index (χ0) is 13.7. The summed E-state index contributed by atoms with van der Waals surface area (Å²) in [5, 5.41) is 14.1. The van der Waals surface area contributed by atoms with E-state index in [9.17, 15) is 5.11 Å². The molecule has 2 aromatic carbocycles. The second-order valence-corrected chi connectivity index (χ2v) is 5.07. The van der Waals surface area contributed by atoms with Gasteiger partial charge in [0.2, 0.25) is 0 Å². The van der Waals surface area contributed by atoms with Crippen LogP contribution in [0.15, 0.2) is 60.7 Å². The Bertz CT molecular complexity index is 481. The lowest BCUT2D eigenvalue weighted by atomic mass is 9.95. The summed E-state index contributed by atoms with van der Waals surface area (Å²) < 4.78 is 0. The molecule has 0 aliphatic rings. The van der Waals surface area contributed by atoms with Crippen LogP contribution < -0.4 is 5.32 Å². The number of rotatable bonds is 5. The van der Waals surface area contributed by atoms with E-state index in [-0.39, 0.29) is 6.04 Å². The highest BCUT2D eigenvalue weighted by atomic mass is 16.3. The molecular formula is C17H21NO. The lowest BCUT2D eigenvalue weighted by Crippen LogP contribution is -2.32. The summed E-state index contributed by atoms with van der Waals surface area (Å²) >= 11 is 0. The molecule has 2 rings (SSSR count). The van der Waals surface area contributed by atoms with Gasteiger partial charge in [-0.15, -0.1) is 0 Å². The van der Waals surface area contributed by atoms with E-state index in [1.807, 2.05) is 60.7 Å². The summed E-state index contributed by atoms with van der Waals surface area (Å²) in [6.45, 7) is 4.18. The van der Waals surface area contributed by atoms with Crippen LogP contribution in [-0.2, 0) is 0 Å². The Morgan fingerprint density at radius 2 is 1.26 bits per heavy atom. The fourth-order valence-corrected chi connectivity index (χ4v) is 2.23. The summed E-state index contributed by atoms with van der Waals surface area (Å²) in [5.41, 5.74) is 2.04. The smallest absolute Gasteiger partial charge is 0.0984 e. The molecule has 2 nitrogen and oxygen atoms in total. The van der Waals surface area contributed by atoms with E-state index in [4.69, 9.17) is 0 Å². The number of benzene rings is 2. The highest BCUT2D eigenvalue weighted by molar-refractivity contribution is 5.26. The molecule has 19 heavy (non-hydrogen) atoms. The van der Waals surface area contributed by atoms with Crippen molar-refractivity contribution < 1.29 is 5.11 Å². The van der Waals surface area contributed by atoms with Crippen molar-refractivity contribution >= 4 is 0 Å². The minimum Gasteiger partial charge on any atom is -0.386 e. The molecule has 0 aliphatic carbocycles. The summed E-state index contributed by atoms with van der Waals surface area (Å²) in [4.78, 5) is 0. The average molecular weight is 255 g/mol. The molecule has 100 valence electrons. The molecule has 2 atom stereocenters. The van der Waals surface area contributed by atoms with Gasteiger partial charge in [0.25, 0.3) is 0 Å². The standard InChI is InChI=1S/C17H21NO/c1-13(2)18-16(14-9-5-3-6-10-14)17(19)15-11-7-4-8-12-15/h3-13,16-19H,1-2H3/t16-,17?/m1/s1. The molecule has 0 fully saturated rings. The van der Waals surface area contributed by atoms with Crippen LogP contribution in [0.2, 0.25) is 0 Å². The van der Waals surface area contributed by atoms with Crippen molar-refractivity contribution in [1.82, 2.24) is 5.32 Å². The fraction of sp³-hybridized carbons (Fsp3) is 0.294. The van der Waals surface area contributed by atoms with Crippen LogP contribution in [0.1, 0.15) is 37.1 Å². The van der Waals surface area contributed by atoms with Gasteiger partial charge in [-0.3, -0.25) is 0 Å². The van der Waals surface area contributed by atoms with Crippen molar-refractivity contribution in [3.05, 3.63) is 71.8 Å². The van der Waals surface area contributed by atoms with Gasteiger partial charge in [0.15, 0.2) is 0 Å². The highest BCUT2D eigenvalue weighted by Crippen LogP contribution is 2.28. The largest absolute Gasteiger partial charge is 0.386 e. The maximum Gasteiger partial charge on any atom is 0.0984 e. The minimum absolute atomic E-state index is 0.0939. The van der Waals surface area contributed by atoms with Crippen molar-refractivity contribution in [1.29, 1.82) is 0 Å². The van der Waals surface area contributed by atoms with Gasteiger partial charge < -0.3 is 10.4 Å². The van der Waals surface area contributed by atoms with Crippen molar-refractivity contribution in [3.8, 4) is 0 Å². The monoisotopic (exact) mass is 255 g/mol. The number of aliphatic hydroxyl groups excluding tert-OH is 1. The van der Waals surface area contributed by atoms with Crippen LogP contribution in [0.3, 0.4) is 0 Å².